The van der Waals surface area contributed by atoms with Gasteiger partial charge in [-0.05, 0) is 78.2 Å². The lowest BCUT2D eigenvalue weighted by Gasteiger charge is -2.44. The molecule has 2 rings (SSSR count). The smallest absolute Gasteiger partial charge is 0.00718 e. The third-order valence-electron chi connectivity index (χ3n) is 6.11. The number of hydrogen-bond acceptors (Lipinski definition) is 0. The number of hydrogen-bond donors (Lipinski definition) is 0. The first-order valence-electron chi connectivity index (χ1n) is 13.0. The summed E-state index contributed by atoms with van der Waals surface area (Å²) >= 11 is 0. The van der Waals surface area contributed by atoms with Gasteiger partial charge in [-0.25, -0.2) is 0 Å². The van der Waals surface area contributed by atoms with E-state index in [1.54, 1.807) is 5.57 Å². The standard InChI is InChI=1S/C30H50P2/c1-24(2)18-31(19-25(3)4)22-30(23-32(20-26(5)6)21-27(7)8)17-13-12-16-29(30)28-14-10-9-11-15-28/h9-16,24-27H,17-23H2,1-8H3. The Morgan fingerprint density at radius 1 is 0.688 bits per heavy atom. The minimum Gasteiger partial charge on any atom is -0.105 e. The molecule has 32 heavy (non-hydrogen) atoms. The second kappa shape index (κ2) is 13.4. The van der Waals surface area contributed by atoms with E-state index in [2.05, 4.69) is 104 Å². The van der Waals surface area contributed by atoms with E-state index in [1.807, 2.05) is 0 Å². The molecule has 1 aromatic rings. The summed E-state index contributed by atoms with van der Waals surface area (Å²) in [6.07, 6.45) is 17.1. The lowest BCUT2D eigenvalue weighted by Crippen LogP contribution is -2.33. The second-order valence-electron chi connectivity index (χ2n) is 11.8. The highest BCUT2D eigenvalue weighted by atomic mass is 31.1. The Bertz CT molecular complexity index is 666. The highest BCUT2D eigenvalue weighted by Crippen LogP contribution is 2.58. The Hall–Kier alpha value is -0.440. The Kier molecular flexibility index (Phi) is 11.7. The molecule has 180 valence electrons. The van der Waals surface area contributed by atoms with E-state index in [0.717, 1.165) is 23.7 Å². The van der Waals surface area contributed by atoms with Gasteiger partial charge in [0.15, 0.2) is 0 Å². The molecule has 0 heterocycles. The van der Waals surface area contributed by atoms with E-state index < -0.39 is 0 Å². The van der Waals surface area contributed by atoms with Crippen LogP contribution in [0, 0.1) is 29.1 Å². The molecule has 0 aromatic heterocycles. The molecule has 0 N–H and O–H groups in total. The molecule has 0 saturated carbocycles. The summed E-state index contributed by atoms with van der Waals surface area (Å²) < 4.78 is 0. The van der Waals surface area contributed by atoms with Crippen LogP contribution in [0.2, 0.25) is 0 Å². The molecule has 0 atom stereocenters. The van der Waals surface area contributed by atoms with Crippen LogP contribution < -0.4 is 0 Å². The van der Waals surface area contributed by atoms with Gasteiger partial charge in [-0.15, -0.1) is 15.8 Å². The molecular weight excluding hydrogens is 422 g/mol. The zero-order chi connectivity index (χ0) is 23.7. The van der Waals surface area contributed by atoms with Crippen LogP contribution in [0.15, 0.2) is 48.6 Å². The summed E-state index contributed by atoms with van der Waals surface area (Å²) in [6.45, 7) is 19.5. The van der Waals surface area contributed by atoms with Gasteiger partial charge in [-0.1, -0.05) is 104 Å². The highest BCUT2D eigenvalue weighted by Gasteiger charge is 2.39. The first-order valence-corrected chi connectivity index (χ1v) is 16.8. The summed E-state index contributed by atoms with van der Waals surface area (Å²) in [4.78, 5) is 0. The van der Waals surface area contributed by atoms with Crippen LogP contribution in [0.1, 0.15) is 67.4 Å². The van der Waals surface area contributed by atoms with Crippen molar-refractivity contribution in [2.24, 2.45) is 29.1 Å². The summed E-state index contributed by atoms with van der Waals surface area (Å²) in [6, 6.07) is 11.4. The maximum absolute atomic E-state index is 2.49. The molecule has 0 nitrogen and oxygen atoms in total. The zero-order valence-electron chi connectivity index (χ0n) is 22.3. The average molecular weight is 473 g/mol. The fourth-order valence-electron chi connectivity index (χ4n) is 5.44. The molecule has 0 fully saturated rings. The maximum Gasteiger partial charge on any atom is 0.00718 e. The molecule has 0 spiro atoms. The molecule has 0 unspecified atom stereocenters. The largest absolute Gasteiger partial charge is 0.105 e. The van der Waals surface area contributed by atoms with Gasteiger partial charge in [-0.3, -0.25) is 0 Å². The van der Waals surface area contributed by atoms with Crippen molar-refractivity contribution in [2.45, 2.75) is 61.8 Å². The predicted molar refractivity (Wildman–Crippen MR) is 153 cm³/mol. The van der Waals surface area contributed by atoms with Crippen LogP contribution in [0.25, 0.3) is 5.57 Å². The van der Waals surface area contributed by atoms with E-state index in [1.165, 1.54) is 49.0 Å². The third-order valence-corrected chi connectivity index (χ3v) is 13.2. The summed E-state index contributed by atoms with van der Waals surface area (Å²) in [5.41, 5.74) is 3.42. The Morgan fingerprint density at radius 2 is 1.12 bits per heavy atom. The van der Waals surface area contributed by atoms with Crippen molar-refractivity contribution in [3.63, 3.8) is 0 Å². The van der Waals surface area contributed by atoms with Crippen molar-refractivity contribution in [1.29, 1.82) is 0 Å². The minimum absolute atomic E-state index is 0.0364. The molecule has 0 amide bonds. The zero-order valence-corrected chi connectivity index (χ0v) is 24.1. The fourth-order valence-corrected chi connectivity index (χ4v) is 13.1. The SMILES string of the molecule is CC(C)CP(CC(C)C)CC1(CP(CC(C)C)CC(C)C)CC=CC=C1c1ccccc1. The number of benzene rings is 1. The van der Waals surface area contributed by atoms with Crippen LogP contribution in [0.5, 0.6) is 0 Å². The monoisotopic (exact) mass is 472 g/mol. The molecule has 1 aromatic carbocycles. The van der Waals surface area contributed by atoms with Gasteiger partial charge < -0.3 is 0 Å². The summed E-state index contributed by atoms with van der Waals surface area (Å²) in [5.74, 6) is 3.20. The Labute approximate surface area is 203 Å². The molecule has 2 heteroatoms. The van der Waals surface area contributed by atoms with Crippen LogP contribution in [-0.2, 0) is 0 Å². The lowest BCUT2D eigenvalue weighted by atomic mass is 9.75. The van der Waals surface area contributed by atoms with Gasteiger partial charge in [0.2, 0.25) is 0 Å². The molecule has 1 aliphatic rings. The van der Waals surface area contributed by atoms with Crippen molar-refractivity contribution in [1.82, 2.24) is 0 Å². The Balaban J connectivity index is 2.48. The minimum atomic E-state index is 0.0364. The van der Waals surface area contributed by atoms with Crippen molar-refractivity contribution in [3.8, 4) is 0 Å². The van der Waals surface area contributed by atoms with Crippen LogP contribution >= 0.6 is 15.8 Å². The van der Waals surface area contributed by atoms with E-state index >= 15 is 0 Å². The average Bonchev–Trinajstić information content (AvgIpc) is 2.66. The third kappa shape index (κ3) is 9.07. The van der Waals surface area contributed by atoms with Gasteiger partial charge >= 0.3 is 0 Å². The quantitative estimate of drug-likeness (QED) is 0.251. The second-order valence-corrected chi connectivity index (χ2v) is 16.6. The van der Waals surface area contributed by atoms with Gasteiger partial charge in [-0.2, -0.15) is 0 Å². The first-order chi connectivity index (χ1) is 15.1. The van der Waals surface area contributed by atoms with E-state index in [9.17, 15) is 0 Å². The van der Waals surface area contributed by atoms with Crippen LogP contribution in [0.4, 0.5) is 0 Å². The molecule has 1 aliphatic carbocycles. The predicted octanol–water partition coefficient (Wildman–Crippen LogP) is 9.60. The van der Waals surface area contributed by atoms with E-state index in [0.29, 0.717) is 5.41 Å². The number of rotatable bonds is 13. The first kappa shape index (κ1) is 27.8. The fraction of sp³-hybridized carbons (Fsp3) is 0.667. The normalized spacial score (nSPS) is 16.2. The summed E-state index contributed by atoms with van der Waals surface area (Å²) in [5, 5.41) is 0. The van der Waals surface area contributed by atoms with Gasteiger partial charge in [0.25, 0.3) is 0 Å². The molecule has 0 radical (unpaired) electrons. The Morgan fingerprint density at radius 3 is 1.53 bits per heavy atom. The van der Waals surface area contributed by atoms with Crippen molar-refractivity contribution >= 4 is 21.4 Å². The molecule has 0 aliphatic heterocycles. The van der Waals surface area contributed by atoms with Crippen LogP contribution in [0.3, 0.4) is 0 Å². The lowest BCUT2D eigenvalue weighted by molar-refractivity contribution is 0.514. The van der Waals surface area contributed by atoms with Crippen molar-refractivity contribution < 1.29 is 0 Å². The highest BCUT2D eigenvalue weighted by molar-refractivity contribution is 7.58. The molecular formula is C30H50P2. The van der Waals surface area contributed by atoms with Crippen molar-refractivity contribution in [2.75, 3.05) is 37.0 Å². The van der Waals surface area contributed by atoms with E-state index in [4.69, 9.17) is 0 Å². The van der Waals surface area contributed by atoms with Gasteiger partial charge in [0.1, 0.15) is 0 Å². The molecule has 0 bridgehead atoms. The summed E-state index contributed by atoms with van der Waals surface area (Å²) in [7, 11) is 0.0728. The van der Waals surface area contributed by atoms with Crippen molar-refractivity contribution in [3.05, 3.63) is 54.1 Å². The van der Waals surface area contributed by atoms with Crippen LogP contribution in [-0.4, -0.2) is 37.0 Å². The van der Waals surface area contributed by atoms with Gasteiger partial charge in [0.05, 0.1) is 0 Å². The topological polar surface area (TPSA) is 0 Å². The van der Waals surface area contributed by atoms with E-state index in [-0.39, 0.29) is 15.8 Å². The van der Waals surface area contributed by atoms with Gasteiger partial charge in [0, 0.05) is 5.41 Å². The molecule has 0 saturated heterocycles. The number of allylic oxidation sites excluding steroid dienone is 4. The maximum atomic E-state index is 2.49.